The average Bonchev–Trinajstić information content (AvgIpc) is 2.93. The number of rotatable bonds is 2. The van der Waals surface area contributed by atoms with Gasteiger partial charge in [-0.05, 0) is 25.1 Å². The number of nitriles is 1. The van der Waals surface area contributed by atoms with Crippen molar-refractivity contribution in [1.82, 2.24) is 19.3 Å². The molecule has 2 heterocycles. The quantitative estimate of drug-likeness (QED) is 0.763. The molecule has 0 amide bonds. The second-order valence-corrected chi connectivity index (χ2v) is 4.75. The number of aromatic nitrogens is 4. The fourth-order valence-electron chi connectivity index (χ4n) is 2.25. The maximum Gasteiger partial charge on any atom is 0.201 e. The molecule has 0 aliphatic rings. The number of fused-ring (bicyclic) bond motifs is 1. The maximum absolute atomic E-state index is 9.01. The summed E-state index contributed by atoms with van der Waals surface area (Å²) in [5, 5.41) is 13.2. The largest absolute Gasteiger partial charge is 0.369 e. The summed E-state index contributed by atoms with van der Waals surface area (Å²) in [6.07, 6.45) is 1.83. The lowest BCUT2D eigenvalue weighted by atomic mass is 10.2. The fourth-order valence-corrected chi connectivity index (χ4v) is 2.25. The zero-order valence-electron chi connectivity index (χ0n) is 11.3. The number of benzene rings is 1. The molecule has 6 nitrogen and oxygen atoms in total. The van der Waals surface area contributed by atoms with E-state index in [1.54, 1.807) is 6.07 Å². The van der Waals surface area contributed by atoms with E-state index in [1.165, 1.54) is 0 Å². The van der Waals surface area contributed by atoms with Crippen molar-refractivity contribution in [3.05, 3.63) is 41.2 Å². The van der Waals surface area contributed by atoms with Crippen LogP contribution in [0.4, 0.5) is 5.95 Å². The first-order chi connectivity index (χ1) is 9.60. The number of nitrogen functional groups attached to an aromatic ring is 1. The van der Waals surface area contributed by atoms with Gasteiger partial charge in [0.15, 0.2) is 0 Å². The second-order valence-electron chi connectivity index (χ2n) is 4.75. The van der Waals surface area contributed by atoms with Crippen molar-refractivity contribution in [3.8, 4) is 6.07 Å². The molecule has 0 saturated carbocycles. The smallest absolute Gasteiger partial charge is 0.201 e. The molecule has 0 aliphatic heterocycles. The molecule has 0 radical (unpaired) electrons. The molecule has 20 heavy (non-hydrogen) atoms. The van der Waals surface area contributed by atoms with Crippen molar-refractivity contribution >= 4 is 17.0 Å². The van der Waals surface area contributed by atoms with Crippen molar-refractivity contribution in [2.45, 2.75) is 13.5 Å². The molecule has 3 aromatic rings. The minimum atomic E-state index is 0.443. The Morgan fingerprint density at radius 2 is 2.20 bits per heavy atom. The summed E-state index contributed by atoms with van der Waals surface area (Å²) in [4.78, 5) is 4.33. The van der Waals surface area contributed by atoms with Crippen molar-refractivity contribution in [1.29, 1.82) is 5.26 Å². The molecule has 0 aliphatic carbocycles. The Kier molecular flexibility index (Phi) is 2.68. The number of imidazole rings is 1. The van der Waals surface area contributed by atoms with Crippen molar-refractivity contribution in [2.24, 2.45) is 7.05 Å². The summed E-state index contributed by atoms with van der Waals surface area (Å²) in [6, 6.07) is 7.51. The summed E-state index contributed by atoms with van der Waals surface area (Å²) < 4.78 is 3.73. The SMILES string of the molecule is Cc1c(Cn2c(N)nc3ccc(C#N)cc32)cnn1C. The third-order valence-corrected chi connectivity index (χ3v) is 3.57. The molecule has 0 atom stereocenters. The first-order valence-corrected chi connectivity index (χ1v) is 6.23. The number of anilines is 1. The Hall–Kier alpha value is -2.81. The monoisotopic (exact) mass is 266 g/mol. The number of nitrogens with two attached hydrogens (primary N) is 1. The topological polar surface area (TPSA) is 85.4 Å². The van der Waals surface area contributed by atoms with Gasteiger partial charge in [0.2, 0.25) is 5.95 Å². The van der Waals surface area contributed by atoms with Crippen LogP contribution in [-0.4, -0.2) is 19.3 Å². The summed E-state index contributed by atoms with van der Waals surface area (Å²) in [5.74, 6) is 0.443. The Morgan fingerprint density at radius 3 is 2.85 bits per heavy atom. The van der Waals surface area contributed by atoms with Crippen LogP contribution in [0.3, 0.4) is 0 Å². The molecule has 100 valence electrons. The molecule has 6 heteroatoms. The van der Waals surface area contributed by atoms with E-state index in [0.717, 1.165) is 22.3 Å². The molecule has 0 unspecified atom stereocenters. The molecule has 2 aromatic heterocycles. The first-order valence-electron chi connectivity index (χ1n) is 6.23. The predicted octanol–water partition coefficient (Wildman–Crippen LogP) is 1.58. The summed E-state index contributed by atoms with van der Waals surface area (Å²) in [5.41, 5.74) is 10.4. The highest BCUT2D eigenvalue weighted by Gasteiger charge is 2.12. The minimum absolute atomic E-state index is 0.443. The van der Waals surface area contributed by atoms with Gasteiger partial charge in [-0.15, -0.1) is 0 Å². The lowest BCUT2D eigenvalue weighted by molar-refractivity contribution is 0.734. The molecule has 0 spiro atoms. The fraction of sp³-hybridized carbons (Fsp3) is 0.214. The lowest BCUT2D eigenvalue weighted by Crippen LogP contribution is -2.05. The van der Waals surface area contributed by atoms with Crippen LogP contribution in [0.25, 0.3) is 11.0 Å². The third-order valence-electron chi connectivity index (χ3n) is 3.57. The molecular weight excluding hydrogens is 252 g/mol. The van der Waals surface area contributed by atoms with Gasteiger partial charge in [-0.25, -0.2) is 4.98 Å². The molecule has 2 N–H and O–H groups in total. The highest BCUT2D eigenvalue weighted by atomic mass is 15.3. The van der Waals surface area contributed by atoms with Crippen LogP contribution in [0.5, 0.6) is 0 Å². The van der Waals surface area contributed by atoms with Crippen molar-refractivity contribution < 1.29 is 0 Å². The highest BCUT2D eigenvalue weighted by molar-refractivity contribution is 5.80. The van der Waals surface area contributed by atoms with Gasteiger partial charge in [-0.1, -0.05) is 0 Å². The van der Waals surface area contributed by atoms with Gasteiger partial charge < -0.3 is 10.3 Å². The van der Waals surface area contributed by atoms with Gasteiger partial charge in [0.25, 0.3) is 0 Å². The van der Waals surface area contributed by atoms with Gasteiger partial charge in [-0.2, -0.15) is 10.4 Å². The minimum Gasteiger partial charge on any atom is -0.369 e. The van der Waals surface area contributed by atoms with Gasteiger partial charge in [0.1, 0.15) is 0 Å². The van der Waals surface area contributed by atoms with E-state index in [0.29, 0.717) is 18.1 Å². The van der Waals surface area contributed by atoms with Crippen LogP contribution in [0.1, 0.15) is 16.8 Å². The summed E-state index contributed by atoms with van der Waals surface area (Å²) in [7, 11) is 1.90. The molecule has 1 aromatic carbocycles. The maximum atomic E-state index is 9.01. The number of hydrogen-bond donors (Lipinski definition) is 1. The molecule has 0 saturated heterocycles. The average molecular weight is 266 g/mol. The van der Waals surface area contributed by atoms with Crippen LogP contribution in [-0.2, 0) is 13.6 Å². The number of hydrogen-bond acceptors (Lipinski definition) is 4. The molecule has 0 bridgehead atoms. The Bertz CT molecular complexity index is 833. The summed E-state index contributed by atoms with van der Waals surface area (Å²) >= 11 is 0. The summed E-state index contributed by atoms with van der Waals surface area (Å²) in [6.45, 7) is 2.61. The second kappa shape index (κ2) is 4.38. The van der Waals surface area contributed by atoms with E-state index in [4.69, 9.17) is 11.0 Å². The number of aryl methyl sites for hydroxylation is 1. The van der Waals surface area contributed by atoms with Crippen LogP contribution < -0.4 is 5.73 Å². The zero-order chi connectivity index (χ0) is 14.3. The molecule has 0 fully saturated rings. The number of nitrogens with zero attached hydrogens (tertiary/aromatic N) is 5. The Labute approximate surface area is 116 Å². The van der Waals surface area contributed by atoms with E-state index in [1.807, 2.05) is 41.5 Å². The van der Waals surface area contributed by atoms with Crippen LogP contribution >= 0.6 is 0 Å². The molecular formula is C14H14N6. The predicted molar refractivity (Wildman–Crippen MR) is 75.9 cm³/mol. The van der Waals surface area contributed by atoms with Gasteiger partial charge in [-0.3, -0.25) is 4.68 Å². The van der Waals surface area contributed by atoms with Gasteiger partial charge in [0.05, 0.1) is 35.4 Å². The van der Waals surface area contributed by atoms with Crippen molar-refractivity contribution in [2.75, 3.05) is 5.73 Å². The third kappa shape index (κ3) is 1.80. The van der Waals surface area contributed by atoms with E-state index in [2.05, 4.69) is 16.2 Å². The van der Waals surface area contributed by atoms with E-state index in [-0.39, 0.29) is 0 Å². The van der Waals surface area contributed by atoms with Crippen molar-refractivity contribution in [3.63, 3.8) is 0 Å². The molecule has 3 rings (SSSR count). The van der Waals surface area contributed by atoms with Gasteiger partial charge >= 0.3 is 0 Å². The zero-order valence-corrected chi connectivity index (χ0v) is 11.3. The van der Waals surface area contributed by atoms with Crippen LogP contribution in [0.15, 0.2) is 24.4 Å². The van der Waals surface area contributed by atoms with E-state index < -0.39 is 0 Å². The Balaban J connectivity index is 2.13. The van der Waals surface area contributed by atoms with E-state index in [9.17, 15) is 0 Å². The first kappa shape index (κ1) is 12.2. The normalized spacial score (nSPS) is 10.8. The van der Waals surface area contributed by atoms with Crippen LogP contribution in [0, 0.1) is 18.3 Å². The van der Waals surface area contributed by atoms with E-state index >= 15 is 0 Å². The standard InChI is InChI=1S/C14H14N6/c1-9-11(7-17-19(9)2)8-20-13-5-10(6-15)3-4-12(13)18-14(20)16/h3-5,7H,8H2,1-2H3,(H2,16,18). The Morgan fingerprint density at radius 1 is 1.40 bits per heavy atom. The lowest BCUT2D eigenvalue weighted by Gasteiger charge is -2.06. The van der Waals surface area contributed by atoms with Crippen LogP contribution in [0.2, 0.25) is 0 Å². The van der Waals surface area contributed by atoms with Gasteiger partial charge in [0, 0.05) is 18.3 Å². The highest BCUT2D eigenvalue weighted by Crippen LogP contribution is 2.21.